The van der Waals surface area contributed by atoms with Crippen LogP contribution in [-0.2, 0) is 9.84 Å². The maximum absolute atomic E-state index is 13.2. The lowest BCUT2D eigenvalue weighted by atomic mass is 10.1. The number of sulfone groups is 1. The van der Waals surface area contributed by atoms with Crippen molar-refractivity contribution in [3.05, 3.63) is 81.7 Å². The number of hydrogen-bond donors (Lipinski definition) is 0. The lowest BCUT2D eigenvalue weighted by Gasteiger charge is -2.04. The molecule has 2 heterocycles. The third kappa shape index (κ3) is 4.88. The SMILES string of the molecule is O=C(CSc1oc(-c2cccs2)nc1S(=O)(=O)c1ccc(Cl)cc1)c1ccc(Cl)cc1. The summed E-state index contributed by atoms with van der Waals surface area (Å²) >= 11 is 14.1. The van der Waals surface area contributed by atoms with Crippen molar-refractivity contribution in [3.8, 4) is 10.8 Å². The predicted molar refractivity (Wildman–Crippen MR) is 123 cm³/mol. The Morgan fingerprint density at radius 2 is 1.65 bits per heavy atom. The number of aromatic nitrogens is 1. The molecule has 0 atom stereocenters. The summed E-state index contributed by atoms with van der Waals surface area (Å²) in [5.74, 6) is -0.0290. The van der Waals surface area contributed by atoms with Crippen LogP contribution in [-0.4, -0.2) is 24.9 Å². The van der Waals surface area contributed by atoms with Crippen LogP contribution in [0.25, 0.3) is 10.8 Å². The topological polar surface area (TPSA) is 77.2 Å². The molecule has 31 heavy (non-hydrogen) atoms. The first-order valence-electron chi connectivity index (χ1n) is 8.81. The fraction of sp³-hybridized carbons (Fsp3) is 0.0476. The fourth-order valence-corrected chi connectivity index (χ4v) is 5.96. The van der Waals surface area contributed by atoms with Gasteiger partial charge in [0.05, 0.1) is 15.5 Å². The normalized spacial score (nSPS) is 11.5. The van der Waals surface area contributed by atoms with Gasteiger partial charge in [-0.2, -0.15) is 4.98 Å². The third-order valence-electron chi connectivity index (χ3n) is 4.18. The molecule has 4 rings (SSSR count). The molecule has 0 aliphatic heterocycles. The van der Waals surface area contributed by atoms with E-state index in [2.05, 4.69) is 4.98 Å². The number of halogens is 2. The maximum Gasteiger partial charge on any atom is 0.238 e. The van der Waals surface area contributed by atoms with Crippen molar-refractivity contribution < 1.29 is 17.6 Å². The summed E-state index contributed by atoms with van der Waals surface area (Å²) in [4.78, 5) is 17.5. The maximum atomic E-state index is 13.2. The van der Waals surface area contributed by atoms with Gasteiger partial charge in [0.15, 0.2) is 5.78 Å². The third-order valence-corrected chi connectivity index (χ3v) is 8.29. The van der Waals surface area contributed by atoms with E-state index in [4.69, 9.17) is 27.6 Å². The Bertz CT molecular complexity index is 1310. The van der Waals surface area contributed by atoms with Crippen LogP contribution in [0.4, 0.5) is 0 Å². The molecule has 0 aliphatic carbocycles. The number of nitrogens with zero attached hydrogens (tertiary/aromatic N) is 1. The Balaban J connectivity index is 1.68. The number of hydrogen-bond acceptors (Lipinski definition) is 7. The molecule has 0 unspecified atom stereocenters. The minimum absolute atomic E-state index is 0.0240. The van der Waals surface area contributed by atoms with Crippen LogP contribution < -0.4 is 0 Å². The highest BCUT2D eigenvalue weighted by atomic mass is 35.5. The number of benzene rings is 2. The highest BCUT2D eigenvalue weighted by Crippen LogP contribution is 2.36. The van der Waals surface area contributed by atoms with E-state index in [1.54, 1.807) is 30.3 Å². The minimum atomic E-state index is -3.98. The number of thiophene rings is 1. The first-order valence-corrected chi connectivity index (χ1v) is 12.9. The molecule has 0 saturated carbocycles. The first-order chi connectivity index (χ1) is 14.8. The van der Waals surface area contributed by atoms with E-state index in [-0.39, 0.29) is 32.4 Å². The largest absolute Gasteiger partial charge is 0.428 e. The number of thioether (sulfide) groups is 1. The first kappa shape index (κ1) is 22.1. The molecule has 0 radical (unpaired) electrons. The minimum Gasteiger partial charge on any atom is -0.428 e. The number of oxazole rings is 1. The molecule has 0 fully saturated rings. The Kier molecular flexibility index (Phi) is 6.55. The molecule has 2 aromatic carbocycles. The van der Waals surface area contributed by atoms with Crippen LogP contribution in [0.15, 0.2) is 85.5 Å². The predicted octanol–water partition coefficient (Wildman–Crippen LogP) is 6.52. The van der Waals surface area contributed by atoms with Gasteiger partial charge in [0.2, 0.25) is 25.8 Å². The lowest BCUT2D eigenvalue weighted by molar-refractivity contribution is 0.102. The zero-order valence-electron chi connectivity index (χ0n) is 15.6. The summed E-state index contributed by atoms with van der Waals surface area (Å²) in [6.07, 6.45) is 0. The van der Waals surface area contributed by atoms with Gasteiger partial charge in [-0.1, -0.05) is 41.0 Å². The van der Waals surface area contributed by atoms with E-state index in [1.165, 1.54) is 35.6 Å². The summed E-state index contributed by atoms with van der Waals surface area (Å²) in [5, 5.41) is 2.61. The molecule has 0 aliphatic rings. The van der Waals surface area contributed by atoms with Gasteiger partial charge in [-0.15, -0.1) is 11.3 Å². The molecule has 0 amide bonds. The van der Waals surface area contributed by atoms with Crippen LogP contribution in [0.5, 0.6) is 0 Å². The van der Waals surface area contributed by atoms with Crippen molar-refractivity contribution in [3.63, 3.8) is 0 Å². The average Bonchev–Trinajstić information content (AvgIpc) is 3.43. The van der Waals surface area contributed by atoms with Crippen molar-refractivity contribution in [1.29, 1.82) is 0 Å². The molecule has 158 valence electrons. The van der Waals surface area contributed by atoms with Crippen molar-refractivity contribution in [2.75, 3.05) is 5.75 Å². The molecule has 0 N–H and O–H groups in total. The Morgan fingerprint density at radius 1 is 1.00 bits per heavy atom. The molecule has 4 aromatic rings. The van der Waals surface area contributed by atoms with Gasteiger partial charge in [-0.05, 0) is 60.0 Å². The molecule has 0 saturated heterocycles. The quantitative estimate of drug-likeness (QED) is 0.208. The van der Waals surface area contributed by atoms with Crippen molar-refractivity contribution >= 4 is 61.9 Å². The number of carbonyl (C=O) groups excluding carboxylic acids is 1. The van der Waals surface area contributed by atoms with Crippen LogP contribution in [0.1, 0.15) is 10.4 Å². The van der Waals surface area contributed by atoms with E-state index < -0.39 is 9.84 Å². The molecular formula is C21H13Cl2NO4S3. The summed E-state index contributed by atoms with van der Waals surface area (Å²) in [5.41, 5.74) is 0.469. The van der Waals surface area contributed by atoms with Gasteiger partial charge in [0.1, 0.15) is 0 Å². The lowest BCUT2D eigenvalue weighted by Crippen LogP contribution is -2.05. The molecule has 0 spiro atoms. The zero-order chi connectivity index (χ0) is 22.0. The smallest absolute Gasteiger partial charge is 0.238 e. The molecule has 2 aromatic heterocycles. The monoisotopic (exact) mass is 509 g/mol. The second kappa shape index (κ2) is 9.18. The number of Topliss-reactive ketones (excluding diaryl/α,β-unsaturated/α-hetero) is 1. The summed E-state index contributed by atoms with van der Waals surface area (Å²) < 4.78 is 32.2. The summed E-state index contributed by atoms with van der Waals surface area (Å²) in [7, 11) is -3.98. The summed E-state index contributed by atoms with van der Waals surface area (Å²) in [6, 6.07) is 15.9. The van der Waals surface area contributed by atoms with E-state index in [0.29, 0.717) is 20.5 Å². The second-order valence-electron chi connectivity index (χ2n) is 6.27. The van der Waals surface area contributed by atoms with E-state index >= 15 is 0 Å². The van der Waals surface area contributed by atoms with Crippen molar-refractivity contribution in [2.24, 2.45) is 0 Å². The van der Waals surface area contributed by atoms with Gasteiger partial charge in [0.25, 0.3) is 0 Å². The number of carbonyl (C=O) groups is 1. The molecule has 5 nitrogen and oxygen atoms in total. The highest BCUT2D eigenvalue weighted by molar-refractivity contribution is 8.00. The Hall–Kier alpha value is -2.10. The number of ketones is 1. The van der Waals surface area contributed by atoms with Gasteiger partial charge >= 0.3 is 0 Å². The van der Waals surface area contributed by atoms with Gasteiger partial charge in [-0.3, -0.25) is 4.79 Å². The van der Waals surface area contributed by atoms with Crippen LogP contribution in [0.3, 0.4) is 0 Å². The van der Waals surface area contributed by atoms with Crippen LogP contribution in [0.2, 0.25) is 10.0 Å². The average molecular weight is 510 g/mol. The van der Waals surface area contributed by atoms with E-state index in [0.717, 1.165) is 11.8 Å². The zero-order valence-corrected chi connectivity index (χ0v) is 19.6. The van der Waals surface area contributed by atoms with E-state index in [9.17, 15) is 13.2 Å². The highest BCUT2D eigenvalue weighted by Gasteiger charge is 2.29. The van der Waals surface area contributed by atoms with Crippen LogP contribution >= 0.6 is 46.3 Å². The van der Waals surface area contributed by atoms with Crippen molar-refractivity contribution in [1.82, 2.24) is 4.98 Å². The molecule has 0 bridgehead atoms. The fourth-order valence-electron chi connectivity index (χ4n) is 2.63. The van der Waals surface area contributed by atoms with E-state index in [1.807, 2.05) is 11.4 Å². The molecule has 10 heteroatoms. The van der Waals surface area contributed by atoms with Gasteiger partial charge in [0, 0.05) is 15.6 Å². The van der Waals surface area contributed by atoms with Gasteiger partial charge in [-0.25, -0.2) is 8.42 Å². The summed E-state index contributed by atoms with van der Waals surface area (Å²) in [6.45, 7) is 0. The molecular weight excluding hydrogens is 497 g/mol. The van der Waals surface area contributed by atoms with Crippen LogP contribution in [0, 0.1) is 0 Å². The van der Waals surface area contributed by atoms with Crippen molar-refractivity contribution in [2.45, 2.75) is 15.0 Å². The second-order valence-corrected chi connectivity index (χ2v) is 10.9. The Labute approximate surface area is 197 Å². The number of rotatable bonds is 7. The standard InChI is InChI=1S/C21H13Cl2NO4S3/c22-14-5-3-13(4-6-14)17(25)12-30-21-20(24-19(28-21)18-2-1-11-29-18)31(26,27)16-9-7-15(23)8-10-16/h1-11H,12H2. The Morgan fingerprint density at radius 3 is 2.26 bits per heavy atom. The van der Waals surface area contributed by atoms with Gasteiger partial charge < -0.3 is 4.42 Å².